The molecule has 1 fully saturated rings. The number of amides is 2. The maximum Gasteiger partial charge on any atom is 0.416 e. The van der Waals surface area contributed by atoms with Crippen LogP contribution in [0.4, 0.5) is 4.79 Å². The molecule has 0 radical (unpaired) electrons. The van der Waals surface area contributed by atoms with Crippen molar-refractivity contribution >= 4 is 12.0 Å². The molecule has 0 aromatic heterocycles. The third kappa shape index (κ3) is 1.85. The highest BCUT2D eigenvalue weighted by Crippen LogP contribution is 2.32. The van der Waals surface area contributed by atoms with Crippen LogP contribution in [0, 0.1) is 0 Å². The van der Waals surface area contributed by atoms with Crippen LogP contribution in [0.5, 0.6) is 11.5 Å². The zero-order valence-corrected chi connectivity index (χ0v) is 9.55. The molecule has 1 aromatic carbocycles. The van der Waals surface area contributed by atoms with E-state index in [4.69, 9.17) is 14.2 Å². The molecule has 94 valence electrons. The molecule has 2 amide bonds. The molecule has 18 heavy (non-hydrogen) atoms. The standard InChI is InChI=1S/C12H11NO5/c14-11(13-3-4-16-12(13)15)6-8-1-2-9-10(5-8)18-7-17-9/h1-2,5H,3-4,6-7H2. The smallest absolute Gasteiger partial charge is 0.416 e. The number of fused-ring (bicyclic) bond motifs is 1. The zero-order chi connectivity index (χ0) is 12.5. The molecule has 1 saturated heterocycles. The fourth-order valence-electron chi connectivity index (χ4n) is 1.94. The number of benzene rings is 1. The first kappa shape index (κ1) is 10.9. The van der Waals surface area contributed by atoms with Gasteiger partial charge in [0.15, 0.2) is 11.5 Å². The van der Waals surface area contributed by atoms with E-state index in [0.717, 1.165) is 10.5 Å². The molecule has 1 aromatic rings. The van der Waals surface area contributed by atoms with Gasteiger partial charge in [-0.3, -0.25) is 4.79 Å². The summed E-state index contributed by atoms with van der Waals surface area (Å²) < 4.78 is 15.1. The Morgan fingerprint density at radius 3 is 2.83 bits per heavy atom. The van der Waals surface area contributed by atoms with Crippen molar-refractivity contribution in [1.82, 2.24) is 4.90 Å². The van der Waals surface area contributed by atoms with Crippen LogP contribution in [0.2, 0.25) is 0 Å². The number of ether oxygens (including phenoxy) is 3. The molecule has 0 N–H and O–H groups in total. The number of hydrogen-bond donors (Lipinski definition) is 0. The lowest BCUT2D eigenvalue weighted by Gasteiger charge is -2.10. The third-order valence-corrected chi connectivity index (χ3v) is 2.85. The van der Waals surface area contributed by atoms with E-state index in [1.807, 2.05) is 0 Å². The number of imide groups is 1. The van der Waals surface area contributed by atoms with Crippen molar-refractivity contribution in [2.75, 3.05) is 19.9 Å². The minimum atomic E-state index is -0.569. The summed E-state index contributed by atoms with van der Waals surface area (Å²) in [6.45, 7) is 0.791. The molecule has 0 bridgehead atoms. The van der Waals surface area contributed by atoms with E-state index in [-0.39, 0.29) is 25.7 Å². The van der Waals surface area contributed by atoms with Crippen molar-refractivity contribution in [3.63, 3.8) is 0 Å². The second-order valence-electron chi connectivity index (χ2n) is 4.02. The molecule has 0 spiro atoms. The Balaban J connectivity index is 1.72. The van der Waals surface area contributed by atoms with Gasteiger partial charge in [-0.05, 0) is 17.7 Å². The summed E-state index contributed by atoms with van der Waals surface area (Å²) in [4.78, 5) is 24.2. The van der Waals surface area contributed by atoms with Gasteiger partial charge in [-0.2, -0.15) is 0 Å². The minimum Gasteiger partial charge on any atom is -0.454 e. The maximum atomic E-state index is 11.9. The monoisotopic (exact) mass is 249 g/mol. The quantitative estimate of drug-likeness (QED) is 0.780. The highest BCUT2D eigenvalue weighted by molar-refractivity contribution is 5.94. The normalized spacial score (nSPS) is 16.9. The Labute approximate surface area is 103 Å². The summed E-state index contributed by atoms with van der Waals surface area (Å²) in [6.07, 6.45) is -0.424. The van der Waals surface area contributed by atoms with E-state index in [9.17, 15) is 9.59 Å². The van der Waals surface area contributed by atoms with Crippen LogP contribution in [0.3, 0.4) is 0 Å². The average Bonchev–Trinajstić information content (AvgIpc) is 2.96. The Bertz CT molecular complexity index is 513. The second kappa shape index (κ2) is 4.21. The van der Waals surface area contributed by atoms with Gasteiger partial charge in [-0.25, -0.2) is 9.69 Å². The van der Waals surface area contributed by atoms with Gasteiger partial charge in [-0.1, -0.05) is 6.07 Å². The minimum absolute atomic E-state index is 0.145. The van der Waals surface area contributed by atoms with Crippen LogP contribution in [0.15, 0.2) is 18.2 Å². The molecule has 0 atom stereocenters. The van der Waals surface area contributed by atoms with Gasteiger partial charge in [0.05, 0.1) is 13.0 Å². The first-order valence-corrected chi connectivity index (χ1v) is 5.60. The number of cyclic esters (lactones) is 1. The summed E-state index contributed by atoms with van der Waals surface area (Å²) in [5.41, 5.74) is 0.781. The molecule has 2 aliphatic heterocycles. The van der Waals surface area contributed by atoms with Crippen molar-refractivity contribution in [2.24, 2.45) is 0 Å². The first-order chi connectivity index (χ1) is 8.74. The molecule has 2 aliphatic rings. The molecular weight excluding hydrogens is 238 g/mol. The fourth-order valence-corrected chi connectivity index (χ4v) is 1.94. The number of nitrogens with zero attached hydrogens (tertiary/aromatic N) is 1. The lowest BCUT2D eigenvalue weighted by Crippen LogP contribution is -2.32. The van der Waals surface area contributed by atoms with Crippen LogP contribution in [-0.2, 0) is 16.0 Å². The number of carbonyl (C=O) groups excluding carboxylic acids is 2. The van der Waals surface area contributed by atoms with Gasteiger partial charge in [0.25, 0.3) is 0 Å². The number of rotatable bonds is 2. The Hall–Kier alpha value is -2.24. The molecule has 6 heteroatoms. The fraction of sp³-hybridized carbons (Fsp3) is 0.333. The molecular formula is C12H11NO5. The summed E-state index contributed by atoms with van der Waals surface area (Å²) in [5.74, 6) is 1.03. The lowest BCUT2D eigenvalue weighted by molar-refractivity contribution is -0.127. The SMILES string of the molecule is O=C(Cc1ccc2c(c1)OCO2)N1CCOC1=O. The molecule has 6 nitrogen and oxygen atoms in total. The number of hydrogen-bond acceptors (Lipinski definition) is 5. The summed E-state index contributed by atoms with van der Waals surface area (Å²) in [7, 11) is 0. The second-order valence-corrected chi connectivity index (χ2v) is 4.02. The van der Waals surface area contributed by atoms with Crippen LogP contribution < -0.4 is 9.47 Å². The highest BCUT2D eigenvalue weighted by atomic mass is 16.7. The maximum absolute atomic E-state index is 11.9. The Kier molecular flexibility index (Phi) is 2.55. The lowest BCUT2D eigenvalue weighted by atomic mass is 10.1. The van der Waals surface area contributed by atoms with Crippen LogP contribution in [0.25, 0.3) is 0 Å². The average molecular weight is 249 g/mol. The van der Waals surface area contributed by atoms with Gasteiger partial charge in [-0.15, -0.1) is 0 Å². The van der Waals surface area contributed by atoms with Gasteiger partial charge in [0.1, 0.15) is 6.61 Å². The molecule has 0 aliphatic carbocycles. The predicted molar refractivity (Wildman–Crippen MR) is 59.3 cm³/mol. The van der Waals surface area contributed by atoms with Crippen molar-refractivity contribution in [1.29, 1.82) is 0 Å². The van der Waals surface area contributed by atoms with Gasteiger partial charge in [0, 0.05) is 0 Å². The highest BCUT2D eigenvalue weighted by Gasteiger charge is 2.28. The van der Waals surface area contributed by atoms with E-state index in [1.165, 1.54) is 0 Å². The molecule has 2 heterocycles. The topological polar surface area (TPSA) is 65.1 Å². The summed E-state index contributed by atoms with van der Waals surface area (Å²) >= 11 is 0. The zero-order valence-electron chi connectivity index (χ0n) is 9.55. The van der Waals surface area contributed by atoms with Crippen LogP contribution >= 0.6 is 0 Å². The van der Waals surface area contributed by atoms with E-state index >= 15 is 0 Å². The first-order valence-electron chi connectivity index (χ1n) is 5.60. The predicted octanol–water partition coefficient (Wildman–Crippen LogP) is 0.937. The summed E-state index contributed by atoms with van der Waals surface area (Å²) in [6, 6.07) is 5.29. The van der Waals surface area contributed by atoms with Crippen molar-refractivity contribution < 1.29 is 23.8 Å². The van der Waals surface area contributed by atoms with Crippen molar-refractivity contribution in [3.8, 4) is 11.5 Å². The third-order valence-electron chi connectivity index (χ3n) is 2.85. The van der Waals surface area contributed by atoms with Gasteiger partial charge in [0.2, 0.25) is 12.7 Å². The van der Waals surface area contributed by atoms with E-state index in [2.05, 4.69) is 0 Å². The largest absolute Gasteiger partial charge is 0.454 e. The van der Waals surface area contributed by atoms with Gasteiger partial charge >= 0.3 is 6.09 Å². The molecule has 0 unspecified atom stereocenters. The Morgan fingerprint density at radius 1 is 1.22 bits per heavy atom. The summed E-state index contributed by atoms with van der Waals surface area (Å²) in [5, 5.41) is 0. The molecule has 3 rings (SSSR count). The van der Waals surface area contributed by atoms with Crippen LogP contribution in [-0.4, -0.2) is 36.8 Å². The van der Waals surface area contributed by atoms with E-state index in [0.29, 0.717) is 18.0 Å². The Morgan fingerprint density at radius 2 is 2.06 bits per heavy atom. The van der Waals surface area contributed by atoms with Gasteiger partial charge < -0.3 is 14.2 Å². The van der Waals surface area contributed by atoms with E-state index in [1.54, 1.807) is 18.2 Å². The number of carbonyl (C=O) groups is 2. The van der Waals surface area contributed by atoms with Crippen molar-refractivity contribution in [2.45, 2.75) is 6.42 Å². The van der Waals surface area contributed by atoms with Crippen LogP contribution in [0.1, 0.15) is 5.56 Å². The molecule has 0 saturated carbocycles. The van der Waals surface area contributed by atoms with Crippen molar-refractivity contribution in [3.05, 3.63) is 23.8 Å². The van der Waals surface area contributed by atoms with E-state index < -0.39 is 6.09 Å².